The minimum absolute atomic E-state index is 0.0173. The van der Waals surface area contributed by atoms with Crippen LogP contribution in [0.4, 0.5) is 0 Å². The molecule has 0 aliphatic heterocycles. The van der Waals surface area contributed by atoms with Crippen molar-refractivity contribution >= 4 is 12.0 Å². The van der Waals surface area contributed by atoms with E-state index in [4.69, 9.17) is 0 Å². The number of hydrogen-bond acceptors (Lipinski definition) is 1. The number of likely N-dealkylation sites (N-methyl/N-ethyl adjacent to an activating group) is 1. The Morgan fingerprint density at radius 3 is 2.19 bits per heavy atom. The van der Waals surface area contributed by atoms with Crippen LogP contribution >= 0.6 is 0 Å². The first-order valence-corrected chi connectivity index (χ1v) is 5.44. The Morgan fingerprint density at radius 1 is 1.19 bits per heavy atom. The second kappa shape index (κ2) is 4.97. The lowest BCUT2D eigenvalue weighted by molar-refractivity contribution is -0.117. The topological polar surface area (TPSA) is 29.1 Å². The second-order valence-corrected chi connectivity index (χ2v) is 4.80. The van der Waals surface area contributed by atoms with E-state index in [1.165, 1.54) is 0 Å². The lowest BCUT2D eigenvalue weighted by Gasteiger charge is -2.21. The molecule has 0 heterocycles. The minimum Gasteiger partial charge on any atom is -0.355 e. The molecule has 16 heavy (non-hydrogen) atoms. The zero-order chi connectivity index (χ0) is 12.2. The molecule has 0 aliphatic carbocycles. The molecule has 1 N–H and O–H groups in total. The van der Waals surface area contributed by atoms with Gasteiger partial charge in [-0.3, -0.25) is 4.79 Å². The van der Waals surface area contributed by atoms with Crippen LogP contribution in [0.15, 0.2) is 35.9 Å². The molecule has 1 rings (SSSR count). The summed E-state index contributed by atoms with van der Waals surface area (Å²) in [5, 5.41) is 2.68. The summed E-state index contributed by atoms with van der Waals surface area (Å²) >= 11 is 0. The quantitative estimate of drug-likeness (QED) is 0.758. The summed E-state index contributed by atoms with van der Waals surface area (Å²) in [6, 6.07) is 9.89. The molecule has 0 unspecified atom stereocenters. The van der Waals surface area contributed by atoms with Crippen LogP contribution in [0.25, 0.3) is 6.08 Å². The number of carbonyl (C=O) groups is 1. The van der Waals surface area contributed by atoms with Gasteiger partial charge >= 0.3 is 0 Å². The van der Waals surface area contributed by atoms with Gasteiger partial charge in [0.05, 0.1) is 0 Å². The third kappa shape index (κ3) is 3.23. The predicted molar refractivity (Wildman–Crippen MR) is 67.9 cm³/mol. The zero-order valence-electron chi connectivity index (χ0n) is 10.4. The number of carbonyl (C=O) groups excluding carboxylic acids is 1. The number of amides is 1. The van der Waals surface area contributed by atoms with Crippen LogP contribution < -0.4 is 5.32 Å². The molecule has 0 fully saturated rings. The Kier molecular flexibility index (Phi) is 3.88. The van der Waals surface area contributed by atoms with Crippen LogP contribution in [0.3, 0.4) is 0 Å². The molecule has 0 atom stereocenters. The summed E-state index contributed by atoms with van der Waals surface area (Å²) in [7, 11) is 1.66. The van der Waals surface area contributed by atoms with E-state index in [2.05, 4.69) is 5.32 Å². The maximum Gasteiger partial charge on any atom is 0.247 e. The number of benzene rings is 1. The highest BCUT2D eigenvalue weighted by Crippen LogP contribution is 2.27. The van der Waals surface area contributed by atoms with Gasteiger partial charge < -0.3 is 5.32 Å². The van der Waals surface area contributed by atoms with Crippen molar-refractivity contribution in [3.63, 3.8) is 0 Å². The Bertz CT molecular complexity index is 385. The Balaban J connectivity index is 3.12. The number of nitrogens with one attached hydrogen (secondary N) is 1. The summed E-state index contributed by atoms with van der Waals surface area (Å²) < 4.78 is 0. The van der Waals surface area contributed by atoms with Crippen LogP contribution in [0, 0.1) is 5.41 Å². The van der Waals surface area contributed by atoms with E-state index in [-0.39, 0.29) is 11.3 Å². The fourth-order valence-corrected chi connectivity index (χ4v) is 1.47. The van der Waals surface area contributed by atoms with Crippen molar-refractivity contribution in [2.45, 2.75) is 20.8 Å². The molecule has 0 radical (unpaired) electrons. The van der Waals surface area contributed by atoms with Gasteiger partial charge in [0.2, 0.25) is 5.91 Å². The first-order valence-electron chi connectivity index (χ1n) is 5.44. The molecule has 1 aromatic carbocycles. The van der Waals surface area contributed by atoms with Crippen LogP contribution in [-0.4, -0.2) is 13.0 Å². The van der Waals surface area contributed by atoms with Crippen molar-refractivity contribution in [3.8, 4) is 0 Å². The van der Waals surface area contributed by atoms with Crippen molar-refractivity contribution in [3.05, 3.63) is 41.5 Å². The Labute approximate surface area is 97.4 Å². The molecule has 0 aromatic heterocycles. The summed E-state index contributed by atoms with van der Waals surface area (Å²) in [5.74, 6) is -0.0173. The average molecular weight is 217 g/mol. The van der Waals surface area contributed by atoms with E-state index in [9.17, 15) is 4.79 Å². The number of hydrogen-bond donors (Lipinski definition) is 1. The Hall–Kier alpha value is -1.57. The highest BCUT2D eigenvalue weighted by Gasteiger charge is 2.22. The van der Waals surface area contributed by atoms with Gasteiger partial charge in [-0.05, 0) is 17.1 Å². The SMILES string of the molecule is CNC(=O)/C(=C\c1ccccc1)C(C)(C)C. The van der Waals surface area contributed by atoms with Crippen molar-refractivity contribution in [1.82, 2.24) is 5.32 Å². The molecule has 0 spiro atoms. The average Bonchev–Trinajstić information content (AvgIpc) is 2.25. The lowest BCUT2D eigenvalue weighted by atomic mass is 9.84. The molecule has 0 saturated carbocycles. The fourth-order valence-electron chi connectivity index (χ4n) is 1.47. The maximum absolute atomic E-state index is 11.8. The third-order valence-corrected chi connectivity index (χ3v) is 2.39. The van der Waals surface area contributed by atoms with Crippen LogP contribution in [0.2, 0.25) is 0 Å². The van der Waals surface area contributed by atoms with E-state index >= 15 is 0 Å². The van der Waals surface area contributed by atoms with Gasteiger partial charge in [0, 0.05) is 12.6 Å². The van der Waals surface area contributed by atoms with E-state index in [1.54, 1.807) is 7.05 Å². The Morgan fingerprint density at radius 2 is 1.75 bits per heavy atom. The molecule has 2 heteroatoms. The van der Waals surface area contributed by atoms with Gasteiger partial charge in [-0.2, -0.15) is 0 Å². The maximum atomic E-state index is 11.8. The molecule has 86 valence electrons. The zero-order valence-corrected chi connectivity index (χ0v) is 10.4. The molecule has 2 nitrogen and oxygen atoms in total. The standard InChI is InChI=1S/C14H19NO/c1-14(2,3)12(13(16)15-4)10-11-8-6-5-7-9-11/h5-10H,1-4H3,(H,15,16)/b12-10+. The minimum atomic E-state index is -0.157. The molecule has 0 bridgehead atoms. The lowest BCUT2D eigenvalue weighted by Crippen LogP contribution is -2.27. The highest BCUT2D eigenvalue weighted by atomic mass is 16.1. The molecular formula is C14H19NO. The van der Waals surface area contributed by atoms with Crippen molar-refractivity contribution in [2.24, 2.45) is 5.41 Å². The normalized spacial score (nSPS) is 12.4. The summed E-state index contributed by atoms with van der Waals surface area (Å²) in [6.07, 6.45) is 1.94. The van der Waals surface area contributed by atoms with Gasteiger partial charge in [0.1, 0.15) is 0 Å². The summed E-state index contributed by atoms with van der Waals surface area (Å²) in [4.78, 5) is 11.8. The van der Waals surface area contributed by atoms with Gasteiger partial charge in [-0.15, -0.1) is 0 Å². The first-order chi connectivity index (χ1) is 7.45. The van der Waals surface area contributed by atoms with E-state index in [1.807, 2.05) is 57.2 Å². The first kappa shape index (κ1) is 12.5. The molecular weight excluding hydrogens is 198 g/mol. The van der Waals surface area contributed by atoms with Gasteiger partial charge in [-0.1, -0.05) is 51.1 Å². The molecule has 0 saturated heterocycles. The van der Waals surface area contributed by atoms with E-state index < -0.39 is 0 Å². The largest absolute Gasteiger partial charge is 0.355 e. The van der Waals surface area contributed by atoms with Crippen molar-refractivity contribution in [1.29, 1.82) is 0 Å². The van der Waals surface area contributed by atoms with Gasteiger partial charge in [-0.25, -0.2) is 0 Å². The van der Waals surface area contributed by atoms with Crippen molar-refractivity contribution in [2.75, 3.05) is 7.05 Å². The van der Waals surface area contributed by atoms with E-state index in [0.29, 0.717) is 0 Å². The number of rotatable bonds is 2. The second-order valence-electron chi connectivity index (χ2n) is 4.80. The molecule has 0 aliphatic rings. The van der Waals surface area contributed by atoms with Gasteiger partial charge in [0.15, 0.2) is 0 Å². The third-order valence-electron chi connectivity index (χ3n) is 2.39. The monoisotopic (exact) mass is 217 g/mol. The predicted octanol–water partition coefficient (Wildman–Crippen LogP) is 2.86. The fraction of sp³-hybridized carbons (Fsp3) is 0.357. The van der Waals surface area contributed by atoms with Gasteiger partial charge in [0.25, 0.3) is 0 Å². The van der Waals surface area contributed by atoms with Crippen LogP contribution in [0.5, 0.6) is 0 Å². The smallest absolute Gasteiger partial charge is 0.247 e. The van der Waals surface area contributed by atoms with Crippen LogP contribution in [0.1, 0.15) is 26.3 Å². The van der Waals surface area contributed by atoms with E-state index in [0.717, 1.165) is 11.1 Å². The highest BCUT2D eigenvalue weighted by molar-refractivity contribution is 5.98. The summed E-state index contributed by atoms with van der Waals surface area (Å²) in [5.41, 5.74) is 1.69. The molecule has 1 aromatic rings. The molecule has 1 amide bonds. The van der Waals surface area contributed by atoms with Crippen molar-refractivity contribution < 1.29 is 4.79 Å². The summed E-state index contributed by atoms with van der Waals surface area (Å²) in [6.45, 7) is 6.12. The van der Waals surface area contributed by atoms with Crippen LogP contribution in [-0.2, 0) is 4.79 Å².